The van der Waals surface area contributed by atoms with Gasteiger partial charge in [-0.05, 0) is 24.1 Å². The maximum atomic E-state index is 13.9. The number of nitrogens with zero attached hydrogens (tertiary/aromatic N) is 2. The normalized spacial score (nSPS) is 20.4. The summed E-state index contributed by atoms with van der Waals surface area (Å²) in [6.45, 7) is 2.26. The Balaban J connectivity index is 1.81. The zero-order valence-electron chi connectivity index (χ0n) is 12.7. The summed E-state index contributed by atoms with van der Waals surface area (Å²) in [4.78, 5) is 29.1. The van der Waals surface area contributed by atoms with Crippen LogP contribution in [0.1, 0.15) is 17.4 Å². The number of aliphatic carboxylic acids is 1. The van der Waals surface area contributed by atoms with Crippen molar-refractivity contribution in [2.45, 2.75) is 6.92 Å². The highest BCUT2D eigenvalue weighted by Gasteiger charge is 2.38. The molecule has 6 nitrogen and oxygen atoms in total. The summed E-state index contributed by atoms with van der Waals surface area (Å²) >= 11 is 3.17. The predicted octanol–water partition coefficient (Wildman–Crippen LogP) is 3.04. The number of rotatable bonds is 3. The SMILES string of the molecule is C[C@@H]1CN(C(=O)c2coc(-c3ccc(Br)cc3F)n2)C[C@H]1C(=O)O. The standard InChI is InChI=1S/C16H14BrFN2O4/c1-8-5-20(6-11(8)16(22)23)15(21)13-7-24-14(19-13)10-3-2-9(17)4-12(10)18/h2-4,7-8,11H,5-6H2,1H3,(H,22,23)/t8-,11-/m1/s1. The number of carboxylic acid groups (broad SMARTS) is 1. The lowest BCUT2D eigenvalue weighted by Gasteiger charge is -2.13. The van der Waals surface area contributed by atoms with E-state index in [0.29, 0.717) is 11.0 Å². The molecule has 0 saturated carbocycles. The fourth-order valence-corrected chi connectivity index (χ4v) is 3.11. The van der Waals surface area contributed by atoms with E-state index in [1.165, 1.54) is 17.0 Å². The van der Waals surface area contributed by atoms with Gasteiger partial charge in [-0.3, -0.25) is 9.59 Å². The smallest absolute Gasteiger partial charge is 0.308 e. The van der Waals surface area contributed by atoms with Gasteiger partial charge in [-0.25, -0.2) is 9.37 Å². The molecule has 1 aromatic heterocycles. The third-order valence-electron chi connectivity index (χ3n) is 4.10. The van der Waals surface area contributed by atoms with E-state index in [4.69, 9.17) is 9.52 Å². The highest BCUT2D eigenvalue weighted by molar-refractivity contribution is 9.10. The predicted molar refractivity (Wildman–Crippen MR) is 85.8 cm³/mol. The van der Waals surface area contributed by atoms with Crippen molar-refractivity contribution in [3.05, 3.63) is 40.4 Å². The Morgan fingerprint density at radius 3 is 2.79 bits per heavy atom. The molecule has 8 heteroatoms. The fourth-order valence-electron chi connectivity index (χ4n) is 2.77. The van der Waals surface area contributed by atoms with E-state index >= 15 is 0 Å². The van der Waals surface area contributed by atoms with Crippen LogP contribution in [-0.2, 0) is 4.79 Å². The number of hydrogen-bond acceptors (Lipinski definition) is 4. The topological polar surface area (TPSA) is 83.6 Å². The van der Waals surface area contributed by atoms with E-state index in [9.17, 15) is 14.0 Å². The molecular formula is C16H14BrFN2O4. The second-order valence-corrected chi connectivity index (χ2v) is 6.71. The summed E-state index contributed by atoms with van der Waals surface area (Å²) < 4.78 is 19.8. The van der Waals surface area contributed by atoms with Crippen LogP contribution in [0.3, 0.4) is 0 Å². The number of oxazole rings is 1. The molecule has 0 radical (unpaired) electrons. The van der Waals surface area contributed by atoms with Crippen LogP contribution in [-0.4, -0.2) is 40.0 Å². The summed E-state index contributed by atoms with van der Waals surface area (Å²) in [5.41, 5.74) is 0.181. The molecule has 1 amide bonds. The van der Waals surface area contributed by atoms with Crippen molar-refractivity contribution >= 4 is 27.8 Å². The van der Waals surface area contributed by atoms with E-state index in [-0.39, 0.29) is 29.6 Å². The van der Waals surface area contributed by atoms with Crippen LogP contribution in [0.5, 0.6) is 0 Å². The van der Waals surface area contributed by atoms with Crippen molar-refractivity contribution in [1.82, 2.24) is 9.88 Å². The number of halogens is 2. The first-order valence-corrected chi connectivity index (χ1v) is 8.09. The first kappa shape index (κ1) is 16.6. The highest BCUT2D eigenvalue weighted by Crippen LogP contribution is 2.27. The number of benzene rings is 1. The average Bonchev–Trinajstić information content (AvgIpc) is 3.13. The molecule has 126 valence electrons. The van der Waals surface area contributed by atoms with Gasteiger partial charge in [0, 0.05) is 17.6 Å². The molecule has 3 rings (SSSR count). The van der Waals surface area contributed by atoms with Gasteiger partial charge >= 0.3 is 5.97 Å². The minimum atomic E-state index is -0.921. The molecule has 1 aliphatic heterocycles. The number of hydrogen-bond donors (Lipinski definition) is 1. The minimum Gasteiger partial charge on any atom is -0.481 e. The Kier molecular flexibility index (Phi) is 4.40. The Morgan fingerprint density at radius 2 is 2.17 bits per heavy atom. The molecule has 2 atom stereocenters. The van der Waals surface area contributed by atoms with Gasteiger partial charge in [-0.15, -0.1) is 0 Å². The summed E-state index contributed by atoms with van der Waals surface area (Å²) in [5, 5.41) is 9.14. The van der Waals surface area contributed by atoms with Crippen LogP contribution < -0.4 is 0 Å². The highest BCUT2D eigenvalue weighted by atomic mass is 79.9. The van der Waals surface area contributed by atoms with E-state index in [1.807, 2.05) is 0 Å². The quantitative estimate of drug-likeness (QED) is 0.861. The molecule has 0 aliphatic carbocycles. The third-order valence-corrected chi connectivity index (χ3v) is 4.59. The summed E-state index contributed by atoms with van der Waals surface area (Å²) in [6, 6.07) is 4.42. The zero-order chi connectivity index (χ0) is 17.4. The molecule has 1 saturated heterocycles. The molecule has 0 spiro atoms. The minimum absolute atomic E-state index is 0.00498. The molecule has 24 heavy (non-hydrogen) atoms. The zero-order valence-corrected chi connectivity index (χ0v) is 14.3. The van der Waals surface area contributed by atoms with Crippen molar-refractivity contribution < 1.29 is 23.5 Å². The van der Waals surface area contributed by atoms with Gasteiger partial charge in [0.25, 0.3) is 5.91 Å². The summed E-state index contributed by atoms with van der Waals surface area (Å²) in [5.74, 6) is -2.59. The summed E-state index contributed by atoms with van der Waals surface area (Å²) in [6.07, 6.45) is 1.16. The van der Waals surface area contributed by atoms with E-state index in [2.05, 4.69) is 20.9 Å². The molecule has 0 unspecified atom stereocenters. The number of aromatic nitrogens is 1. The Labute approximate surface area is 145 Å². The molecule has 1 fully saturated rings. The Bertz CT molecular complexity index is 807. The molecule has 0 bridgehead atoms. The second-order valence-electron chi connectivity index (χ2n) is 5.79. The summed E-state index contributed by atoms with van der Waals surface area (Å²) in [7, 11) is 0. The van der Waals surface area contributed by atoms with E-state index in [0.717, 1.165) is 6.26 Å². The van der Waals surface area contributed by atoms with Gasteiger partial charge in [0.15, 0.2) is 5.69 Å². The van der Waals surface area contributed by atoms with Gasteiger partial charge in [-0.2, -0.15) is 0 Å². The van der Waals surface area contributed by atoms with Gasteiger partial charge in [0.1, 0.15) is 12.1 Å². The number of carbonyl (C=O) groups excluding carboxylic acids is 1. The van der Waals surface area contributed by atoms with Crippen LogP contribution in [0.25, 0.3) is 11.5 Å². The first-order chi connectivity index (χ1) is 11.4. The molecule has 2 aromatic rings. The maximum absolute atomic E-state index is 13.9. The van der Waals surface area contributed by atoms with Crippen LogP contribution >= 0.6 is 15.9 Å². The maximum Gasteiger partial charge on any atom is 0.308 e. The van der Waals surface area contributed by atoms with Crippen molar-refractivity contribution in [3.8, 4) is 11.5 Å². The molecular weight excluding hydrogens is 383 g/mol. The van der Waals surface area contributed by atoms with Crippen LogP contribution in [0, 0.1) is 17.7 Å². The number of carbonyl (C=O) groups is 2. The van der Waals surface area contributed by atoms with Crippen LogP contribution in [0.15, 0.2) is 33.4 Å². The lowest BCUT2D eigenvalue weighted by atomic mass is 9.99. The van der Waals surface area contributed by atoms with Crippen LogP contribution in [0.2, 0.25) is 0 Å². The third kappa shape index (κ3) is 3.06. The Hall–Kier alpha value is -2.22. The largest absolute Gasteiger partial charge is 0.481 e. The molecule has 1 aromatic carbocycles. The van der Waals surface area contributed by atoms with Crippen molar-refractivity contribution in [1.29, 1.82) is 0 Å². The van der Waals surface area contributed by atoms with E-state index < -0.39 is 23.6 Å². The van der Waals surface area contributed by atoms with Gasteiger partial charge in [0.05, 0.1) is 11.5 Å². The van der Waals surface area contributed by atoms with Gasteiger partial charge in [-0.1, -0.05) is 22.9 Å². The monoisotopic (exact) mass is 396 g/mol. The first-order valence-electron chi connectivity index (χ1n) is 7.30. The van der Waals surface area contributed by atoms with Crippen LogP contribution in [0.4, 0.5) is 4.39 Å². The lowest BCUT2D eigenvalue weighted by Crippen LogP contribution is -2.30. The average molecular weight is 397 g/mol. The van der Waals surface area contributed by atoms with Crippen molar-refractivity contribution in [2.75, 3.05) is 13.1 Å². The molecule has 1 N–H and O–H groups in total. The number of carboxylic acids is 1. The molecule has 2 heterocycles. The number of amides is 1. The van der Waals surface area contributed by atoms with Gasteiger partial charge < -0.3 is 14.4 Å². The van der Waals surface area contributed by atoms with Crippen molar-refractivity contribution in [3.63, 3.8) is 0 Å². The van der Waals surface area contributed by atoms with E-state index in [1.54, 1.807) is 13.0 Å². The lowest BCUT2D eigenvalue weighted by molar-refractivity contribution is -0.142. The second kappa shape index (κ2) is 6.35. The number of likely N-dealkylation sites (tertiary alicyclic amines) is 1. The van der Waals surface area contributed by atoms with Crippen molar-refractivity contribution in [2.24, 2.45) is 11.8 Å². The Morgan fingerprint density at radius 1 is 1.42 bits per heavy atom. The molecule has 1 aliphatic rings. The fraction of sp³-hybridized carbons (Fsp3) is 0.312. The van der Waals surface area contributed by atoms with Gasteiger partial charge in [0.2, 0.25) is 5.89 Å².